The number of rotatable bonds is 6. The summed E-state index contributed by atoms with van der Waals surface area (Å²) in [5.41, 5.74) is 0.376. The highest BCUT2D eigenvalue weighted by Gasteiger charge is 2.32. The quantitative estimate of drug-likeness (QED) is 0.548. The molecule has 2 atom stereocenters. The van der Waals surface area contributed by atoms with Crippen LogP contribution in [0.2, 0.25) is 0 Å². The summed E-state index contributed by atoms with van der Waals surface area (Å²) < 4.78 is 29.3. The fraction of sp³-hybridized carbons (Fsp3) is 0.435. The predicted molar refractivity (Wildman–Crippen MR) is 129 cm³/mol. The van der Waals surface area contributed by atoms with Crippen molar-refractivity contribution in [3.05, 3.63) is 52.5 Å². The molecule has 8 heteroatoms. The molecule has 0 aliphatic carbocycles. The van der Waals surface area contributed by atoms with Gasteiger partial charge in [0.15, 0.2) is 0 Å². The minimum Gasteiger partial charge on any atom is -0.350 e. The van der Waals surface area contributed by atoms with Crippen molar-refractivity contribution < 1.29 is 13.2 Å². The van der Waals surface area contributed by atoms with Gasteiger partial charge in [-0.25, -0.2) is 8.42 Å². The molecule has 31 heavy (non-hydrogen) atoms. The third kappa shape index (κ3) is 6.12. The zero-order chi connectivity index (χ0) is 22.8. The van der Waals surface area contributed by atoms with Gasteiger partial charge in [-0.3, -0.25) is 4.79 Å². The summed E-state index contributed by atoms with van der Waals surface area (Å²) in [6, 6.07) is 12.6. The summed E-state index contributed by atoms with van der Waals surface area (Å²) in [4.78, 5) is 14.8. The third-order valence-electron chi connectivity index (χ3n) is 5.13. The van der Waals surface area contributed by atoms with Gasteiger partial charge in [0.25, 0.3) is 5.91 Å². The molecular weight excluding hydrogens is 496 g/mol. The molecule has 0 bridgehead atoms. The Bertz CT molecular complexity index is 1030. The maximum Gasteiger partial charge on any atom is 0.252 e. The van der Waals surface area contributed by atoms with Crippen LogP contribution in [0.4, 0.5) is 0 Å². The number of amides is 1. The summed E-state index contributed by atoms with van der Waals surface area (Å²) >= 11 is 4.87. The molecule has 0 unspecified atom stereocenters. The average Bonchev–Trinajstić information content (AvgIpc) is 2.68. The lowest BCUT2D eigenvalue weighted by Gasteiger charge is -2.34. The molecule has 1 N–H and O–H groups in total. The topological polar surface area (TPSA) is 66.5 Å². The number of sulfonamides is 1. The first-order valence-corrected chi connectivity index (χ1v) is 13.5. The first-order chi connectivity index (χ1) is 14.6. The SMILES string of the molecule is CC(C)NC(=O)c1cc(S(=O)(=O)N2C[C@H](C)C[C@H](C)C2)ccc1Sc1ccc(Br)cc1. The molecule has 1 amide bonds. The zero-order valence-electron chi connectivity index (χ0n) is 18.3. The van der Waals surface area contributed by atoms with Crippen molar-refractivity contribution in [1.29, 1.82) is 0 Å². The average molecular weight is 526 g/mol. The second-order valence-corrected chi connectivity index (χ2v) is 12.6. The van der Waals surface area contributed by atoms with Crippen molar-refractivity contribution in [3.8, 4) is 0 Å². The fourth-order valence-electron chi connectivity index (χ4n) is 3.86. The van der Waals surface area contributed by atoms with Crippen molar-refractivity contribution in [2.45, 2.75) is 54.8 Å². The van der Waals surface area contributed by atoms with E-state index >= 15 is 0 Å². The van der Waals surface area contributed by atoms with E-state index in [1.54, 1.807) is 16.4 Å². The molecule has 0 aromatic heterocycles. The van der Waals surface area contributed by atoms with Gasteiger partial charge in [-0.05, 0) is 74.6 Å². The molecule has 1 saturated heterocycles. The molecule has 2 aromatic carbocycles. The van der Waals surface area contributed by atoms with E-state index in [-0.39, 0.29) is 16.8 Å². The van der Waals surface area contributed by atoms with Gasteiger partial charge in [0.05, 0.1) is 10.5 Å². The van der Waals surface area contributed by atoms with E-state index in [4.69, 9.17) is 0 Å². The smallest absolute Gasteiger partial charge is 0.252 e. The number of hydrogen-bond acceptors (Lipinski definition) is 4. The summed E-state index contributed by atoms with van der Waals surface area (Å²) in [7, 11) is -3.67. The van der Waals surface area contributed by atoms with Gasteiger partial charge in [0.2, 0.25) is 10.0 Å². The summed E-state index contributed by atoms with van der Waals surface area (Å²) in [6.45, 7) is 8.95. The lowest BCUT2D eigenvalue weighted by Crippen LogP contribution is -2.42. The van der Waals surface area contributed by atoms with E-state index in [0.29, 0.717) is 30.5 Å². The number of halogens is 1. The number of nitrogens with one attached hydrogen (secondary N) is 1. The van der Waals surface area contributed by atoms with E-state index < -0.39 is 10.0 Å². The van der Waals surface area contributed by atoms with Gasteiger partial charge in [-0.2, -0.15) is 4.31 Å². The number of benzene rings is 2. The van der Waals surface area contributed by atoms with Crippen LogP contribution in [0.3, 0.4) is 0 Å². The van der Waals surface area contributed by atoms with Crippen LogP contribution >= 0.6 is 27.7 Å². The molecule has 5 nitrogen and oxygen atoms in total. The van der Waals surface area contributed by atoms with Crippen LogP contribution in [0, 0.1) is 11.8 Å². The lowest BCUT2D eigenvalue weighted by atomic mass is 9.94. The Morgan fingerprint density at radius 1 is 1.10 bits per heavy atom. The number of carbonyl (C=O) groups is 1. The van der Waals surface area contributed by atoms with Crippen molar-refractivity contribution in [2.24, 2.45) is 11.8 Å². The predicted octanol–water partition coefficient (Wildman–Crippen LogP) is 5.41. The Kier molecular flexibility index (Phi) is 7.89. The second kappa shape index (κ2) is 10.1. The van der Waals surface area contributed by atoms with Crippen LogP contribution in [-0.4, -0.2) is 37.8 Å². The molecule has 1 fully saturated rings. The lowest BCUT2D eigenvalue weighted by molar-refractivity contribution is 0.0940. The zero-order valence-corrected chi connectivity index (χ0v) is 21.5. The minimum atomic E-state index is -3.67. The highest BCUT2D eigenvalue weighted by atomic mass is 79.9. The van der Waals surface area contributed by atoms with Crippen molar-refractivity contribution >= 4 is 43.6 Å². The standard InChI is InChI=1S/C23H29BrN2O3S2/c1-15(2)25-23(27)21-12-20(31(28,29)26-13-16(3)11-17(4)14-26)9-10-22(21)30-19-7-5-18(24)6-8-19/h5-10,12,15-17H,11,13-14H2,1-4H3,(H,25,27)/t16-,17+. The summed E-state index contributed by atoms with van der Waals surface area (Å²) in [5.74, 6) is 0.357. The summed E-state index contributed by atoms with van der Waals surface area (Å²) in [5, 5.41) is 2.90. The van der Waals surface area contributed by atoms with E-state index in [0.717, 1.165) is 20.7 Å². The molecule has 1 aliphatic rings. The molecule has 1 aliphatic heterocycles. The first-order valence-electron chi connectivity index (χ1n) is 10.4. The number of nitrogens with zero attached hydrogens (tertiary/aromatic N) is 1. The third-order valence-corrected chi connectivity index (χ3v) is 8.57. The Morgan fingerprint density at radius 2 is 1.71 bits per heavy atom. The van der Waals surface area contributed by atoms with Gasteiger partial charge in [-0.15, -0.1) is 0 Å². The Labute approximate surface area is 198 Å². The van der Waals surface area contributed by atoms with Crippen LogP contribution in [0.1, 0.15) is 44.5 Å². The minimum absolute atomic E-state index is 0.0536. The molecule has 2 aromatic rings. The van der Waals surface area contributed by atoms with Crippen LogP contribution < -0.4 is 5.32 Å². The Balaban J connectivity index is 1.98. The molecule has 0 spiro atoms. The van der Waals surface area contributed by atoms with Crippen molar-refractivity contribution in [1.82, 2.24) is 9.62 Å². The monoisotopic (exact) mass is 524 g/mol. The summed E-state index contributed by atoms with van der Waals surface area (Å²) in [6.07, 6.45) is 1.02. The molecule has 3 rings (SSSR count). The van der Waals surface area contributed by atoms with Crippen molar-refractivity contribution in [2.75, 3.05) is 13.1 Å². The second-order valence-electron chi connectivity index (χ2n) is 8.61. The van der Waals surface area contributed by atoms with Gasteiger partial charge in [-0.1, -0.05) is 41.5 Å². The molecule has 1 heterocycles. The highest BCUT2D eigenvalue weighted by Crippen LogP contribution is 2.34. The Morgan fingerprint density at radius 3 is 2.29 bits per heavy atom. The normalized spacial score (nSPS) is 20.1. The van der Waals surface area contributed by atoms with Crippen LogP contribution in [0.25, 0.3) is 0 Å². The first kappa shape index (κ1) is 24.3. The maximum absolute atomic E-state index is 13.4. The van der Waals surface area contributed by atoms with Gasteiger partial charge < -0.3 is 5.32 Å². The van der Waals surface area contributed by atoms with Gasteiger partial charge >= 0.3 is 0 Å². The van der Waals surface area contributed by atoms with Crippen LogP contribution in [0.15, 0.2) is 61.6 Å². The molecule has 0 radical (unpaired) electrons. The number of carbonyl (C=O) groups excluding carboxylic acids is 1. The van der Waals surface area contributed by atoms with Crippen LogP contribution in [-0.2, 0) is 10.0 Å². The van der Waals surface area contributed by atoms with Crippen LogP contribution in [0.5, 0.6) is 0 Å². The van der Waals surface area contributed by atoms with Crippen molar-refractivity contribution in [3.63, 3.8) is 0 Å². The molecule has 168 valence electrons. The van der Waals surface area contributed by atoms with E-state index in [2.05, 4.69) is 35.1 Å². The highest BCUT2D eigenvalue weighted by molar-refractivity contribution is 9.10. The number of piperidine rings is 1. The van der Waals surface area contributed by atoms with E-state index in [9.17, 15) is 13.2 Å². The molecule has 0 saturated carbocycles. The fourth-order valence-corrected chi connectivity index (χ4v) is 6.75. The van der Waals surface area contributed by atoms with Gasteiger partial charge in [0.1, 0.15) is 0 Å². The Hall–Kier alpha value is -1.35. The van der Waals surface area contributed by atoms with E-state index in [1.807, 2.05) is 38.1 Å². The molecular formula is C23H29BrN2O3S2. The van der Waals surface area contributed by atoms with Gasteiger partial charge in [0, 0.05) is 33.4 Å². The number of hydrogen-bond donors (Lipinski definition) is 1. The largest absolute Gasteiger partial charge is 0.350 e. The maximum atomic E-state index is 13.4. The van der Waals surface area contributed by atoms with E-state index in [1.165, 1.54) is 17.8 Å².